The van der Waals surface area contributed by atoms with Gasteiger partial charge in [0.2, 0.25) is 8.32 Å². The quantitative estimate of drug-likeness (QED) is 0.449. The molecule has 1 unspecified atom stereocenters. The van der Waals surface area contributed by atoms with Crippen molar-refractivity contribution >= 4 is 8.32 Å². The molecule has 0 aliphatic rings. The van der Waals surface area contributed by atoms with Gasteiger partial charge in [0.25, 0.3) is 0 Å². The highest BCUT2D eigenvalue weighted by molar-refractivity contribution is 6.77. The van der Waals surface area contributed by atoms with Crippen LogP contribution in [0.2, 0.25) is 12.6 Å². The Kier molecular flexibility index (Phi) is 4.32. The van der Waals surface area contributed by atoms with Gasteiger partial charge in [-0.2, -0.15) is 0 Å². The molecule has 58 valence electrons. The van der Waals surface area contributed by atoms with Crippen molar-refractivity contribution in [2.45, 2.75) is 19.5 Å². The van der Waals surface area contributed by atoms with Gasteiger partial charge >= 0.3 is 0 Å². The molecule has 1 atom stereocenters. The van der Waals surface area contributed by atoms with Gasteiger partial charge in [-0.15, -0.1) is 6.58 Å². The van der Waals surface area contributed by atoms with Crippen LogP contribution in [0, 0.1) is 0 Å². The predicted octanol–water partition coefficient (Wildman–Crippen LogP) is 2.51. The highest BCUT2D eigenvalue weighted by Gasteiger charge is 2.20. The lowest BCUT2D eigenvalue weighted by Gasteiger charge is -2.18. The number of rotatable bonds is 4. The average Bonchev–Trinajstić information content (AvgIpc) is 2.00. The third-order valence-electron chi connectivity index (χ3n) is 1.66. The van der Waals surface area contributed by atoms with E-state index < -0.39 is 8.32 Å². The Hall–Kier alpha value is -0.343. The van der Waals surface area contributed by atoms with E-state index in [0.717, 1.165) is 6.04 Å². The summed E-state index contributed by atoms with van der Waals surface area (Å²) in [4.78, 5) is 0. The molecule has 0 aliphatic carbocycles. The molecule has 2 heteroatoms. The summed E-state index contributed by atoms with van der Waals surface area (Å²) in [6.45, 7) is 7.93. The molecule has 0 aromatic carbocycles. The molecule has 0 heterocycles. The van der Waals surface area contributed by atoms with E-state index >= 15 is 0 Å². The fraction of sp³-hybridized carbons (Fsp3) is 0.500. The standard InChI is InChI=1S/C8H16OSi/c1-5-7-8-10(4,6-2)9-3/h5-7H,2,8H2,1,3-4H3/b7-5+. The summed E-state index contributed by atoms with van der Waals surface area (Å²) in [7, 11) is 0.220. The molecule has 10 heavy (non-hydrogen) atoms. The van der Waals surface area contributed by atoms with Crippen LogP contribution in [0.1, 0.15) is 6.92 Å². The van der Waals surface area contributed by atoms with Crippen molar-refractivity contribution in [1.82, 2.24) is 0 Å². The zero-order chi connectivity index (χ0) is 8.04. The lowest BCUT2D eigenvalue weighted by Crippen LogP contribution is -2.29. The third kappa shape index (κ3) is 2.99. The van der Waals surface area contributed by atoms with Crippen LogP contribution >= 0.6 is 0 Å². The van der Waals surface area contributed by atoms with Crippen LogP contribution in [0.25, 0.3) is 0 Å². The Morgan fingerprint density at radius 1 is 1.60 bits per heavy atom. The average molecular weight is 156 g/mol. The molecule has 0 aromatic rings. The molecule has 0 saturated heterocycles. The monoisotopic (exact) mass is 156 g/mol. The second-order valence-corrected chi connectivity index (χ2v) is 6.34. The van der Waals surface area contributed by atoms with Crippen LogP contribution in [0.3, 0.4) is 0 Å². The van der Waals surface area contributed by atoms with Crippen LogP contribution in [-0.2, 0) is 4.43 Å². The summed E-state index contributed by atoms with van der Waals surface area (Å²) in [6, 6.07) is 1.03. The molecule has 0 radical (unpaired) electrons. The summed E-state index contributed by atoms with van der Waals surface area (Å²) in [5.41, 5.74) is 1.97. The van der Waals surface area contributed by atoms with Gasteiger partial charge in [-0.25, -0.2) is 0 Å². The van der Waals surface area contributed by atoms with Gasteiger partial charge in [0.1, 0.15) is 0 Å². The van der Waals surface area contributed by atoms with Crippen LogP contribution in [0.4, 0.5) is 0 Å². The topological polar surface area (TPSA) is 9.23 Å². The molecule has 0 N–H and O–H groups in total. The summed E-state index contributed by atoms with van der Waals surface area (Å²) in [5.74, 6) is 0. The lowest BCUT2D eigenvalue weighted by molar-refractivity contribution is 0.411. The Balaban J connectivity index is 3.92. The predicted molar refractivity (Wildman–Crippen MR) is 48.4 cm³/mol. The fourth-order valence-corrected chi connectivity index (χ4v) is 1.81. The molecular formula is C8H16OSi. The number of hydrogen-bond acceptors (Lipinski definition) is 1. The lowest BCUT2D eigenvalue weighted by atomic mass is 10.6. The van der Waals surface area contributed by atoms with E-state index in [0.29, 0.717) is 0 Å². The molecule has 0 bridgehead atoms. The number of hydrogen-bond donors (Lipinski definition) is 0. The van der Waals surface area contributed by atoms with E-state index in [1.807, 2.05) is 18.7 Å². The third-order valence-corrected chi connectivity index (χ3v) is 4.50. The first kappa shape index (κ1) is 9.66. The van der Waals surface area contributed by atoms with E-state index in [4.69, 9.17) is 4.43 Å². The summed E-state index contributed by atoms with van der Waals surface area (Å²) < 4.78 is 5.36. The minimum absolute atomic E-state index is 1.03. The van der Waals surface area contributed by atoms with E-state index in [1.165, 1.54) is 0 Å². The molecule has 0 amide bonds. The Morgan fingerprint density at radius 2 is 2.20 bits per heavy atom. The maximum absolute atomic E-state index is 5.36. The van der Waals surface area contributed by atoms with E-state index in [2.05, 4.69) is 19.2 Å². The van der Waals surface area contributed by atoms with Gasteiger partial charge in [-0.3, -0.25) is 0 Å². The normalized spacial score (nSPS) is 17.1. The van der Waals surface area contributed by atoms with Crippen LogP contribution < -0.4 is 0 Å². The molecular weight excluding hydrogens is 140 g/mol. The van der Waals surface area contributed by atoms with Gasteiger partial charge in [-0.1, -0.05) is 17.9 Å². The second-order valence-electron chi connectivity index (χ2n) is 2.49. The zero-order valence-corrected chi connectivity index (χ0v) is 8.05. The summed E-state index contributed by atoms with van der Waals surface area (Å²) >= 11 is 0. The van der Waals surface area contributed by atoms with Gasteiger partial charge < -0.3 is 4.43 Å². The van der Waals surface area contributed by atoms with Gasteiger partial charge in [0.15, 0.2) is 0 Å². The van der Waals surface area contributed by atoms with Crippen molar-refractivity contribution in [3.8, 4) is 0 Å². The van der Waals surface area contributed by atoms with Gasteiger partial charge in [0.05, 0.1) is 0 Å². The molecule has 0 rings (SSSR count). The second kappa shape index (κ2) is 4.47. The van der Waals surface area contributed by atoms with E-state index in [9.17, 15) is 0 Å². The van der Waals surface area contributed by atoms with Gasteiger partial charge in [-0.05, 0) is 19.5 Å². The summed E-state index contributed by atoms with van der Waals surface area (Å²) in [5, 5.41) is 0. The zero-order valence-electron chi connectivity index (χ0n) is 7.05. The molecule has 1 nitrogen and oxygen atoms in total. The van der Waals surface area contributed by atoms with Crippen molar-refractivity contribution < 1.29 is 4.43 Å². The maximum Gasteiger partial charge on any atom is 0.216 e. The first-order valence-electron chi connectivity index (χ1n) is 3.48. The Labute approximate surface area is 64.5 Å². The van der Waals surface area contributed by atoms with E-state index in [1.54, 1.807) is 7.11 Å². The number of allylic oxidation sites excluding steroid dienone is 2. The molecule has 0 fully saturated rings. The molecule has 0 saturated carbocycles. The van der Waals surface area contributed by atoms with Crippen molar-refractivity contribution in [3.63, 3.8) is 0 Å². The fourth-order valence-electron chi connectivity index (χ4n) is 0.602. The van der Waals surface area contributed by atoms with Crippen LogP contribution in [0.5, 0.6) is 0 Å². The van der Waals surface area contributed by atoms with Crippen LogP contribution in [0.15, 0.2) is 24.4 Å². The Bertz CT molecular complexity index is 131. The van der Waals surface area contributed by atoms with Crippen LogP contribution in [-0.4, -0.2) is 15.4 Å². The molecule has 0 spiro atoms. The highest BCUT2D eigenvalue weighted by atomic mass is 28.4. The minimum atomic E-state index is -1.54. The summed E-state index contributed by atoms with van der Waals surface area (Å²) in [6.07, 6.45) is 4.19. The van der Waals surface area contributed by atoms with Crippen molar-refractivity contribution in [2.24, 2.45) is 0 Å². The SMILES string of the molecule is C=C[Si](C)(C/C=C/C)OC. The van der Waals surface area contributed by atoms with Crippen molar-refractivity contribution in [3.05, 3.63) is 24.4 Å². The molecule has 0 aliphatic heterocycles. The van der Waals surface area contributed by atoms with Gasteiger partial charge in [0, 0.05) is 7.11 Å². The molecule has 0 aromatic heterocycles. The Morgan fingerprint density at radius 3 is 2.50 bits per heavy atom. The first-order chi connectivity index (χ1) is 4.68. The van der Waals surface area contributed by atoms with E-state index in [-0.39, 0.29) is 0 Å². The first-order valence-corrected chi connectivity index (χ1v) is 6.17. The van der Waals surface area contributed by atoms with Crippen molar-refractivity contribution in [1.29, 1.82) is 0 Å². The maximum atomic E-state index is 5.36. The minimum Gasteiger partial charge on any atom is -0.416 e. The highest BCUT2D eigenvalue weighted by Crippen LogP contribution is 2.11. The smallest absolute Gasteiger partial charge is 0.216 e. The largest absolute Gasteiger partial charge is 0.416 e. The van der Waals surface area contributed by atoms with Crippen molar-refractivity contribution in [2.75, 3.05) is 7.11 Å².